The van der Waals surface area contributed by atoms with Gasteiger partial charge < -0.3 is 25.7 Å². The number of anilines is 3. The van der Waals surface area contributed by atoms with Crippen molar-refractivity contribution in [1.29, 1.82) is 0 Å². The second-order valence-corrected chi connectivity index (χ2v) is 11.1. The van der Waals surface area contributed by atoms with Crippen LogP contribution in [-0.4, -0.2) is 85.7 Å². The van der Waals surface area contributed by atoms with Crippen molar-refractivity contribution in [3.05, 3.63) is 48.4 Å². The number of hydrogen-bond donors (Lipinski definition) is 3. The number of phenolic OH excluding ortho intramolecular Hbond substituents is 1. The third kappa shape index (κ3) is 5.40. The van der Waals surface area contributed by atoms with Crippen molar-refractivity contribution in [3.8, 4) is 28.8 Å². The van der Waals surface area contributed by atoms with Crippen LogP contribution in [0.4, 0.5) is 17.3 Å². The van der Waals surface area contributed by atoms with Gasteiger partial charge >= 0.3 is 0 Å². The number of phenols is 1. The Morgan fingerprint density at radius 1 is 1.02 bits per heavy atom. The van der Waals surface area contributed by atoms with Crippen molar-refractivity contribution in [3.63, 3.8) is 0 Å². The molecule has 3 fully saturated rings. The summed E-state index contributed by atoms with van der Waals surface area (Å²) in [4.78, 5) is 16.2. The lowest BCUT2D eigenvalue weighted by Crippen LogP contribution is -2.44. The first kappa shape index (κ1) is 26.3. The van der Waals surface area contributed by atoms with Gasteiger partial charge in [0, 0.05) is 49.5 Å². The van der Waals surface area contributed by atoms with Crippen LogP contribution in [0.1, 0.15) is 44.9 Å². The first-order valence-corrected chi connectivity index (χ1v) is 14.1. The van der Waals surface area contributed by atoms with Gasteiger partial charge in [0.05, 0.1) is 24.0 Å². The Labute approximate surface area is 234 Å². The van der Waals surface area contributed by atoms with E-state index in [1.54, 1.807) is 18.3 Å². The van der Waals surface area contributed by atoms with Gasteiger partial charge in [0.15, 0.2) is 5.82 Å². The molecule has 0 radical (unpaired) electrons. The molecule has 40 heavy (non-hydrogen) atoms. The van der Waals surface area contributed by atoms with Gasteiger partial charge in [0.2, 0.25) is 5.82 Å². The molecule has 1 unspecified atom stereocenters. The summed E-state index contributed by atoms with van der Waals surface area (Å²) in [6.45, 7) is 5.18. The van der Waals surface area contributed by atoms with Crippen LogP contribution in [0.3, 0.4) is 0 Å². The molecule has 3 saturated heterocycles. The minimum atomic E-state index is -0.168. The maximum atomic E-state index is 10.3. The van der Waals surface area contributed by atoms with Crippen LogP contribution in [0.15, 0.2) is 42.6 Å². The van der Waals surface area contributed by atoms with E-state index in [1.807, 2.05) is 24.3 Å². The summed E-state index contributed by atoms with van der Waals surface area (Å²) in [5.74, 6) is 8.41. The maximum Gasteiger partial charge on any atom is 0.206 e. The molecular weight excluding hydrogens is 504 g/mol. The lowest BCUT2D eigenvalue weighted by atomic mass is 10.0. The number of piperidine rings is 1. The van der Waals surface area contributed by atoms with Crippen molar-refractivity contribution in [2.45, 2.75) is 63.3 Å². The molecule has 0 amide bonds. The standard InChI is InChI=1S/C30H36N8O2/c1-20-11-14-36(26-19-25(34-35-30(26)31)24-5-2-3-6-27(24)40)15-16-37(20)29-10-12-32-28(33-29)7-4-13-38-21-8-9-22(38)18-23(39)17-21/h2-3,5-6,10,12,19-23,39-40H,8-9,11,13-18H2,1H3,(H2,31,35)/t20-,21-,22+,23?/m1/s1. The van der Waals surface area contributed by atoms with E-state index in [0.717, 1.165) is 63.2 Å². The fourth-order valence-corrected chi connectivity index (χ4v) is 6.39. The van der Waals surface area contributed by atoms with Crippen LogP contribution >= 0.6 is 0 Å². The van der Waals surface area contributed by atoms with Gasteiger partial charge in [-0.1, -0.05) is 18.1 Å². The van der Waals surface area contributed by atoms with Crippen molar-refractivity contribution in [2.75, 3.05) is 41.7 Å². The fourth-order valence-electron chi connectivity index (χ4n) is 6.39. The van der Waals surface area contributed by atoms with Gasteiger partial charge in [0.1, 0.15) is 11.6 Å². The molecule has 5 heterocycles. The maximum absolute atomic E-state index is 10.3. The number of fused-ring (bicyclic) bond motifs is 2. The fraction of sp³-hybridized carbons (Fsp3) is 0.467. The van der Waals surface area contributed by atoms with Gasteiger partial charge in [-0.3, -0.25) is 4.90 Å². The summed E-state index contributed by atoms with van der Waals surface area (Å²) >= 11 is 0. The highest BCUT2D eigenvalue weighted by Crippen LogP contribution is 2.35. The van der Waals surface area contributed by atoms with E-state index in [4.69, 9.17) is 10.7 Å². The summed E-state index contributed by atoms with van der Waals surface area (Å²) in [5.41, 5.74) is 8.30. The molecule has 2 aromatic heterocycles. The number of para-hydroxylation sites is 1. The number of nitrogens with two attached hydrogens (primary N) is 1. The molecule has 10 heteroatoms. The Morgan fingerprint density at radius 2 is 1.82 bits per heavy atom. The SMILES string of the molecule is C[C@@H]1CCN(c2cc(-c3ccccc3O)nnc2N)CCN1c1ccnc(C#CCN2[C@@H]3CC[C@H]2CC(O)C3)n1. The number of aliphatic hydroxyl groups excluding tert-OH is 1. The van der Waals surface area contributed by atoms with Crippen molar-refractivity contribution >= 4 is 17.3 Å². The molecule has 1 aromatic carbocycles. The highest BCUT2D eigenvalue weighted by molar-refractivity contribution is 5.74. The summed E-state index contributed by atoms with van der Waals surface area (Å²) in [7, 11) is 0. The minimum Gasteiger partial charge on any atom is -0.507 e. The number of hydrogen-bond acceptors (Lipinski definition) is 10. The van der Waals surface area contributed by atoms with Crippen LogP contribution in [-0.2, 0) is 0 Å². The zero-order valence-electron chi connectivity index (χ0n) is 22.8. The zero-order valence-corrected chi connectivity index (χ0v) is 22.8. The summed E-state index contributed by atoms with van der Waals surface area (Å²) in [5, 5.41) is 28.8. The Bertz CT molecular complexity index is 1410. The molecule has 6 rings (SSSR count). The van der Waals surface area contributed by atoms with E-state index >= 15 is 0 Å². The van der Waals surface area contributed by atoms with Crippen LogP contribution < -0.4 is 15.5 Å². The van der Waals surface area contributed by atoms with E-state index in [1.165, 1.54) is 0 Å². The van der Waals surface area contributed by atoms with Crippen LogP contribution in [0.25, 0.3) is 11.3 Å². The van der Waals surface area contributed by atoms with Crippen molar-refractivity contribution < 1.29 is 10.2 Å². The molecule has 208 valence electrons. The lowest BCUT2D eigenvalue weighted by Gasteiger charge is -2.35. The minimum absolute atomic E-state index is 0.160. The van der Waals surface area contributed by atoms with E-state index < -0.39 is 0 Å². The molecule has 3 aliphatic rings. The Hall–Kier alpha value is -3.94. The Morgan fingerprint density at radius 3 is 2.62 bits per heavy atom. The van der Waals surface area contributed by atoms with Crippen molar-refractivity contribution in [1.82, 2.24) is 25.1 Å². The Kier molecular flexibility index (Phi) is 7.41. The lowest BCUT2D eigenvalue weighted by molar-refractivity contribution is 0.0432. The van der Waals surface area contributed by atoms with E-state index in [-0.39, 0.29) is 17.9 Å². The molecule has 10 nitrogen and oxygen atoms in total. The van der Waals surface area contributed by atoms with E-state index in [0.29, 0.717) is 41.5 Å². The number of aliphatic hydroxyl groups is 1. The predicted octanol–water partition coefficient (Wildman–Crippen LogP) is 2.67. The van der Waals surface area contributed by atoms with Gasteiger partial charge in [-0.25, -0.2) is 9.97 Å². The number of benzene rings is 1. The van der Waals surface area contributed by atoms with Gasteiger partial charge in [-0.05, 0) is 69.2 Å². The highest BCUT2D eigenvalue weighted by Gasteiger charge is 2.39. The second-order valence-electron chi connectivity index (χ2n) is 11.1. The summed E-state index contributed by atoms with van der Waals surface area (Å²) in [6, 6.07) is 12.1. The molecule has 4 atom stereocenters. The Balaban J connectivity index is 1.15. The van der Waals surface area contributed by atoms with Crippen LogP contribution in [0.5, 0.6) is 5.75 Å². The zero-order chi connectivity index (χ0) is 27.6. The predicted molar refractivity (Wildman–Crippen MR) is 155 cm³/mol. The van der Waals surface area contributed by atoms with Crippen LogP contribution in [0.2, 0.25) is 0 Å². The van der Waals surface area contributed by atoms with Gasteiger partial charge in [-0.15, -0.1) is 10.2 Å². The largest absolute Gasteiger partial charge is 0.507 e. The van der Waals surface area contributed by atoms with E-state index in [9.17, 15) is 10.2 Å². The average molecular weight is 541 g/mol. The third-order valence-corrected chi connectivity index (χ3v) is 8.54. The summed E-state index contributed by atoms with van der Waals surface area (Å²) < 4.78 is 0. The van der Waals surface area contributed by atoms with Crippen molar-refractivity contribution in [2.24, 2.45) is 0 Å². The molecule has 0 spiro atoms. The van der Waals surface area contributed by atoms with Gasteiger partial charge in [0.25, 0.3) is 0 Å². The number of nitrogens with zero attached hydrogens (tertiary/aromatic N) is 7. The first-order chi connectivity index (χ1) is 19.5. The highest BCUT2D eigenvalue weighted by atomic mass is 16.3. The molecule has 3 aliphatic heterocycles. The number of aromatic hydroxyl groups is 1. The normalized spacial score (nSPS) is 24.9. The average Bonchev–Trinajstić information content (AvgIpc) is 3.09. The first-order valence-electron chi connectivity index (χ1n) is 14.1. The molecular formula is C30H36N8O2. The second kappa shape index (κ2) is 11.3. The molecule has 3 aromatic rings. The molecule has 4 N–H and O–H groups in total. The third-order valence-electron chi connectivity index (χ3n) is 8.54. The van der Waals surface area contributed by atoms with Crippen LogP contribution in [0, 0.1) is 11.8 Å². The van der Waals surface area contributed by atoms with E-state index in [2.05, 4.69) is 48.6 Å². The monoisotopic (exact) mass is 540 g/mol. The molecule has 0 saturated carbocycles. The number of rotatable bonds is 4. The number of aromatic nitrogens is 4. The number of nitrogen functional groups attached to an aromatic ring is 1. The van der Waals surface area contributed by atoms with Gasteiger partial charge in [-0.2, -0.15) is 0 Å². The molecule has 0 aliphatic carbocycles. The topological polar surface area (TPSA) is 128 Å². The quantitative estimate of drug-likeness (QED) is 0.425. The smallest absolute Gasteiger partial charge is 0.206 e. The summed E-state index contributed by atoms with van der Waals surface area (Å²) in [6.07, 6.45) is 6.52. The molecule has 2 bridgehead atoms.